The third kappa shape index (κ3) is 6.00. The molecule has 2 aromatic rings. The van der Waals surface area contributed by atoms with Crippen LogP contribution in [0.3, 0.4) is 0 Å². The standard InChI is InChI=1S/C20H22N2O5/c23-19(26-13-16-9-5-2-6-10-16)21-11-18-17(22-20(24)27-18)14-25-12-15-7-3-1-4-8-15/h1-10,17-18H,11-14H2,(H,21,23)(H,22,24). The fourth-order valence-electron chi connectivity index (χ4n) is 2.67. The van der Waals surface area contributed by atoms with Gasteiger partial charge in [-0.05, 0) is 11.1 Å². The smallest absolute Gasteiger partial charge is 0.407 e. The number of alkyl carbamates (subject to hydrolysis) is 2. The number of nitrogens with one attached hydrogen (secondary N) is 2. The van der Waals surface area contributed by atoms with Gasteiger partial charge in [-0.25, -0.2) is 9.59 Å². The predicted octanol–water partition coefficient (Wildman–Crippen LogP) is 2.61. The van der Waals surface area contributed by atoms with Crippen molar-refractivity contribution in [2.24, 2.45) is 0 Å². The van der Waals surface area contributed by atoms with Crippen LogP contribution in [-0.4, -0.2) is 37.5 Å². The molecule has 0 spiro atoms. The van der Waals surface area contributed by atoms with Crippen LogP contribution in [0.1, 0.15) is 11.1 Å². The van der Waals surface area contributed by atoms with Gasteiger partial charge in [0.25, 0.3) is 0 Å². The zero-order valence-corrected chi connectivity index (χ0v) is 14.8. The molecule has 7 nitrogen and oxygen atoms in total. The Morgan fingerprint density at radius 2 is 1.63 bits per heavy atom. The van der Waals surface area contributed by atoms with E-state index < -0.39 is 18.3 Å². The summed E-state index contributed by atoms with van der Waals surface area (Å²) in [6.45, 7) is 1.04. The van der Waals surface area contributed by atoms with Gasteiger partial charge in [0.05, 0.1) is 25.8 Å². The van der Waals surface area contributed by atoms with Gasteiger partial charge in [-0.2, -0.15) is 0 Å². The number of carbonyl (C=O) groups is 2. The number of cyclic esters (lactones) is 1. The van der Waals surface area contributed by atoms with Crippen molar-refractivity contribution in [2.75, 3.05) is 13.2 Å². The highest BCUT2D eigenvalue weighted by Crippen LogP contribution is 2.10. The average Bonchev–Trinajstić information content (AvgIpc) is 3.06. The number of hydrogen-bond acceptors (Lipinski definition) is 5. The molecule has 2 amide bonds. The van der Waals surface area contributed by atoms with E-state index in [1.54, 1.807) is 0 Å². The van der Waals surface area contributed by atoms with Crippen LogP contribution in [-0.2, 0) is 27.4 Å². The molecular formula is C20H22N2O5. The zero-order chi connectivity index (χ0) is 18.9. The van der Waals surface area contributed by atoms with E-state index in [1.165, 1.54) is 0 Å². The maximum atomic E-state index is 11.8. The molecule has 1 heterocycles. The molecule has 0 saturated carbocycles. The van der Waals surface area contributed by atoms with Crippen molar-refractivity contribution in [1.82, 2.24) is 10.6 Å². The Balaban J connectivity index is 1.39. The Morgan fingerprint density at radius 3 is 2.30 bits per heavy atom. The second-order valence-corrected chi connectivity index (χ2v) is 6.14. The van der Waals surface area contributed by atoms with E-state index in [-0.39, 0.29) is 25.8 Å². The van der Waals surface area contributed by atoms with Crippen LogP contribution in [0.2, 0.25) is 0 Å². The number of carbonyl (C=O) groups excluding carboxylic acids is 2. The normalized spacial score (nSPS) is 18.4. The van der Waals surface area contributed by atoms with Gasteiger partial charge in [-0.1, -0.05) is 60.7 Å². The van der Waals surface area contributed by atoms with Gasteiger partial charge < -0.3 is 24.8 Å². The third-order valence-electron chi connectivity index (χ3n) is 4.08. The number of rotatable bonds is 8. The quantitative estimate of drug-likeness (QED) is 0.746. The molecular weight excluding hydrogens is 348 g/mol. The summed E-state index contributed by atoms with van der Waals surface area (Å²) in [5, 5.41) is 5.31. The molecule has 1 aliphatic heterocycles. The van der Waals surface area contributed by atoms with Crippen molar-refractivity contribution in [3.05, 3.63) is 71.8 Å². The van der Waals surface area contributed by atoms with Crippen molar-refractivity contribution < 1.29 is 23.8 Å². The molecule has 7 heteroatoms. The lowest BCUT2D eigenvalue weighted by Crippen LogP contribution is -2.42. The summed E-state index contributed by atoms with van der Waals surface area (Å²) in [5.41, 5.74) is 1.94. The fraction of sp³-hybridized carbons (Fsp3) is 0.300. The van der Waals surface area contributed by atoms with Crippen LogP contribution in [0.25, 0.3) is 0 Å². The minimum Gasteiger partial charge on any atom is -0.445 e. The molecule has 1 saturated heterocycles. The van der Waals surface area contributed by atoms with Crippen LogP contribution >= 0.6 is 0 Å². The van der Waals surface area contributed by atoms with Crippen LogP contribution in [0, 0.1) is 0 Å². The average molecular weight is 370 g/mol. The summed E-state index contributed by atoms with van der Waals surface area (Å²) in [6.07, 6.45) is -1.60. The molecule has 0 radical (unpaired) electrons. The minimum atomic E-state index is -0.564. The SMILES string of the molecule is O=C(NCC1OC(=O)NC1COCc1ccccc1)OCc1ccccc1. The first-order valence-corrected chi connectivity index (χ1v) is 8.74. The van der Waals surface area contributed by atoms with E-state index in [2.05, 4.69) is 10.6 Å². The molecule has 2 unspecified atom stereocenters. The number of amides is 2. The molecule has 2 N–H and O–H groups in total. The van der Waals surface area contributed by atoms with E-state index in [9.17, 15) is 9.59 Å². The van der Waals surface area contributed by atoms with E-state index in [4.69, 9.17) is 14.2 Å². The predicted molar refractivity (Wildman–Crippen MR) is 97.9 cm³/mol. The Bertz CT molecular complexity index is 739. The summed E-state index contributed by atoms with van der Waals surface area (Å²) >= 11 is 0. The minimum absolute atomic E-state index is 0.145. The molecule has 0 bridgehead atoms. The topological polar surface area (TPSA) is 85.9 Å². The van der Waals surface area contributed by atoms with E-state index >= 15 is 0 Å². The Labute approximate surface area is 157 Å². The fourth-order valence-corrected chi connectivity index (χ4v) is 2.67. The van der Waals surface area contributed by atoms with E-state index in [0.717, 1.165) is 11.1 Å². The Kier molecular flexibility index (Phi) is 6.65. The second kappa shape index (κ2) is 9.59. The lowest BCUT2D eigenvalue weighted by molar-refractivity contribution is 0.0696. The van der Waals surface area contributed by atoms with Crippen LogP contribution in [0.4, 0.5) is 9.59 Å². The largest absolute Gasteiger partial charge is 0.445 e. The maximum Gasteiger partial charge on any atom is 0.407 e. The van der Waals surface area contributed by atoms with Crippen molar-refractivity contribution in [2.45, 2.75) is 25.4 Å². The van der Waals surface area contributed by atoms with Crippen LogP contribution < -0.4 is 10.6 Å². The molecule has 3 rings (SSSR count). The highest BCUT2D eigenvalue weighted by atomic mass is 16.6. The summed E-state index contributed by atoms with van der Waals surface area (Å²) in [7, 11) is 0. The zero-order valence-electron chi connectivity index (χ0n) is 14.8. The molecule has 0 aromatic heterocycles. The van der Waals surface area contributed by atoms with Crippen LogP contribution in [0.15, 0.2) is 60.7 Å². The molecule has 2 atom stereocenters. The Morgan fingerprint density at radius 1 is 1.00 bits per heavy atom. The van der Waals surface area contributed by atoms with Gasteiger partial charge in [0.2, 0.25) is 0 Å². The van der Waals surface area contributed by atoms with Gasteiger partial charge in [-0.15, -0.1) is 0 Å². The molecule has 27 heavy (non-hydrogen) atoms. The molecule has 0 aliphatic carbocycles. The number of hydrogen-bond donors (Lipinski definition) is 2. The van der Waals surface area contributed by atoms with Crippen molar-refractivity contribution in [1.29, 1.82) is 0 Å². The van der Waals surface area contributed by atoms with Gasteiger partial charge in [0, 0.05) is 0 Å². The number of benzene rings is 2. The van der Waals surface area contributed by atoms with Gasteiger partial charge in [-0.3, -0.25) is 0 Å². The summed E-state index contributed by atoms with van der Waals surface area (Å²) in [6, 6.07) is 18.8. The van der Waals surface area contributed by atoms with Crippen molar-refractivity contribution >= 4 is 12.2 Å². The maximum absolute atomic E-state index is 11.8. The van der Waals surface area contributed by atoms with Gasteiger partial charge in [0.15, 0.2) is 0 Å². The van der Waals surface area contributed by atoms with Gasteiger partial charge >= 0.3 is 12.2 Å². The summed E-state index contributed by atoms with van der Waals surface area (Å²) in [4.78, 5) is 23.4. The first-order valence-electron chi connectivity index (χ1n) is 8.74. The highest BCUT2D eigenvalue weighted by molar-refractivity contribution is 5.71. The first-order chi connectivity index (χ1) is 13.2. The molecule has 1 aliphatic rings. The summed E-state index contributed by atoms with van der Waals surface area (Å²) < 4.78 is 16.0. The Hall–Kier alpha value is -3.06. The van der Waals surface area contributed by atoms with Gasteiger partial charge in [0.1, 0.15) is 12.7 Å². The lowest BCUT2D eigenvalue weighted by Gasteiger charge is -2.17. The monoisotopic (exact) mass is 370 g/mol. The van der Waals surface area contributed by atoms with E-state index in [0.29, 0.717) is 6.61 Å². The lowest BCUT2D eigenvalue weighted by atomic mass is 10.2. The molecule has 1 fully saturated rings. The van der Waals surface area contributed by atoms with Crippen molar-refractivity contribution in [3.63, 3.8) is 0 Å². The van der Waals surface area contributed by atoms with Crippen molar-refractivity contribution in [3.8, 4) is 0 Å². The first kappa shape index (κ1) is 18.7. The summed E-state index contributed by atoms with van der Waals surface area (Å²) in [5.74, 6) is 0. The van der Waals surface area contributed by atoms with Crippen LogP contribution in [0.5, 0.6) is 0 Å². The second-order valence-electron chi connectivity index (χ2n) is 6.14. The third-order valence-corrected chi connectivity index (χ3v) is 4.08. The molecule has 2 aromatic carbocycles. The highest BCUT2D eigenvalue weighted by Gasteiger charge is 2.34. The molecule has 142 valence electrons. The number of ether oxygens (including phenoxy) is 3. The van der Waals surface area contributed by atoms with E-state index in [1.807, 2.05) is 60.7 Å².